The summed E-state index contributed by atoms with van der Waals surface area (Å²) in [5.74, 6) is -2.08. The van der Waals surface area contributed by atoms with Gasteiger partial charge < -0.3 is 24.2 Å². The number of benzene rings is 1. The SMILES string of the molecule is COC(=O)C1=C(C(=O)OC)N(c2ccc([N+](=O)[O-])cc2O)COC1. The molecule has 1 aromatic carbocycles. The van der Waals surface area contributed by atoms with Gasteiger partial charge in [0, 0.05) is 6.07 Å². The first-order valence-electron chi connectivity index (χ1n) is 6.63. The van der Waals surface area contributed by atoms with E-state index in [4.69, 9.17) is 4.74 Å². The third kappa shape index (κ3) is 3.13. The molecule has 1 aliphatic heterocycles. The Morgan fingerprint density at radius 3 is 2.50 bits per heavy atom. The number of nitrogens with zero attached hydrogens (tertiary/aromatic N) is 2. The summed E-state index contributed by atoms with van der Waals surface area (Å²) in [6.07, 6.45) is 0. The highest BCUT2D eigenvalue weighted by atomic mass is 16.6. The molecule has 0 bridgehead atoms. The van der Waals surface area contributed by atoms with E-state index >= 15 is 0 Å². The smallest absolute Gasteiger partial charge is 0.355 e. The average Bonchev–Trinajstić information content (AvgIpc) is 2.59. The van der Waals surface area contributed by atoms with Crippen molar-refractivity contribution < 1.29 is 33.8 Å². The highest BCUT2D eigenvalue weighted by Crippen LogP contribution is 2.35. The van der Waals surface area contributed by atoms with Crippen LogP contribution in [0.2, 0.25) is 0 Å². The van der Waals surface area contributed by atoms with Crippen LogP contribution < -0.4 is 4.90 Å². The summed E-state index contributed by atoms with van der Waals surface area (Å²) in [5.41, 5.74) is -0.541. The lowest BCUT2D eigenvalue weighted by Gasteiger charge is -2.31. The molecule has 0 saturated carbocycles. The highest BCUT2D eigenvalue weighted by Gasteiger charge is 2.33. The maximum Gasteiger partial charge on any atom is 0.355 e. The monoisotopic (exact) mass is 338 g/mol. The van der Waals surface area contributed by atoms with Gasteiger partial charge in [0.05, 0.1) is 43.1 Å². The first-order chi connectivity index (χ1) is 11.4. The molecule has 0 amide bonds. The van der Waals surface area contributed by atoms with Gasteiger partial charge in [0.15, 0.2) is 0 Å². The van der Waals surface area contributed by atoms with Crippen LogP contribution in [0.5, 0.6) is 5.75 Å². The van der Waals surface area contributed by atoms with Gasteiger partial charge in [-0.05, 0) is 6.07 Å². The van der Waals surface area contributed by atoms with Gasteiger partial charge in [-0.15, -0.1) is 0 Å². The number of phenolic OH excluding ortho intramolecular Hbond substituents is 1. The number of hydrogen-bond donors (Lipinski definition) is 1. The Hall–Kier alpha value is -3.14. The lowest BCUT2D eigenvalue weighted by Crippen LogP contribution is -2.38. The van der Waals surface area contributed by atoms with Crippen molar-refractivity contribution in [3.8, 4) is 5.75 Å². The van der Waals surface area contributed by atoms with E-state index in [1.54, 1.807) is 0 Å². The maximum atomic E-state index is 12.1. The van der Waals surface area contributed by atoms with Crippen LogP contribution in [0.3, 0.4) is 0 Å². The third-order valence-corrected chi connectivity index (χ3v) is 3.29. The number of ether oxygens (including phenoxy) is 3. The van der Waals surface area contributed by atoms with E-state index in [-0.39, 0.29) is 36.0 Å². The van der Waals surface area contributed by atoms with Crippen molar-refractivity contribution in [3.05, 3.63) is 39.6 Å². The predicted molar refractivity (Wildman–Crippen MR) is 79.1 cm³/mol. The van der Waals surface area contributed by atoms with Gasteiger partial charge in [0.1, 0.15) is 18.2 Å². The Bertz CT molecular complexity index is 727. The first kappa shape index (κ1) is 17.2. The molecule has 0 fully saturated rings. The molecule has 24 heavy (non-hydrogen) atoms. The zero-order valence-electron chi connectivity index (χ0n) is 12.8. The van der Waals surface area contributed by atoms with Crippen LogP contribution in [-0.2, 0) is 23.8 Å². The second-order valence-electron chi connectivity index (χ2n) is 4.65. The normalized spacial score (nSPS) is 14.3. The number of non-ortho nitro benzene ring substituents is 1. The summed E-state index contributed by atoms with van der Waals surface area (Å²) >= 11 is 0. The molecule has 10 heteroatoms. The molecule has 0 aliphatic carbocycles. The van der Waals surface area contributed by atoms with Crippen LogP contribution in [0.25, 0.3) is 0 Å². The van der Waals surface area contributed by atoms with E-state index in [1.807, 2.05) is 0 Å². The van der Waals surface area contributed by atoms with E-state index in [0.29, 0.717) is 0 Å². The molecule has 0 aromatic heterocycles. The molecule has 0 saturated heterocycles. The number of nitro benzene ring substituents is 1. The lowest BCUT2D eigenvalue weighted by atomic mass is 10.1. The number of nitro groups is 1. The van der Waals surface area contributed by atoms with Crippen molar-refractivity contribution in [2.75, 3.05) is 32.5 Å². The van der Waals surface area contributed by atoms with Crippen molar-refractivity contribution in [1.82, 2.24) is 0 Å². The number of phenols is 1. The highest BCUT2D eigenvalue weighted by molar-refractivity contribution is 6.03. The minimum Gasteiger partial charge on any atom is -0.505 e. The molecular formula is C14H14N2O8. The summed E-state index contributed by atoms with van der Waals surface area (Å²) in [6.45, 7) is -0.350. The van der Waals surface area contributed by atoms with E-state index in [2.05, 4.69) is 9.47 Å². The fourth-order valence-corrected chi connectivity index (χ4v) is 2.19. The molecule has 0 unspecified atom stereocenters. The summed E-state index contributed by atoms with van der Waals surface area (Å²) in [4.78, 5) is 35.2. The molecular weight excluding hydrogens is 324 g/mol. The summed E-state index contributed by atoms with van der Waals surface area (Å²) < 4.78 is 14.5. The number of carbonyl (C=O) groups excluding carboxylic acids is 2. The molecule has 1 heterocycles. The van der Waals surface area contributed by atoms with Gasteiger partial charge in [-0.25, -0.2) is 9.59 Å². The standard InChI is InChI=1S/C14H14N2O8/c1-22-13(18)9-6-24-7-15(12(9)14(19)23-2)10-4-3-8(16(20)21)5-11(10)17/h3-5,17H,6-7H2,1-2H3. The van der Waals surface area contributed by atoms with Gasteiger partial charge in [-0.1, -0.05) is 0 Å². The van der Waals surface area contributed by atoms with E-state index < -0.39 is 22.6 Å². The molecule has 128 valence electrons. The van der Waals surface area contributed by atoms with Gasteiger partial charge in [-0.3, -0.25) is 10.1 Å². The average molecular weight is 338 g/mol. The maximum absolute atomic E-state index is 12.1. The quantitative estimate of drug-likeness (QED) is 0.479. The Morgan fingerprint density at radius 2 is 1.96 bits per heavy atom. The number of rotatable bonds is 4. The number of aromatic hydroxyl groups is 1. The first-order valence-corrected chi connectivity index (χ1v) is 6.63. The summed E-state index contributed by atoms with van der Waals surface area (Å²) in [5, 5.41) is 20.8. The van der Waals surface area contributed by atoms with Gasteiger partial charge in [0.2, 0.25) is 0 Å². The van der Waals surface area contributed by atoms with Gasteiger partial charge in [0.25, 0.3) is 5.69 Å². The molecule has 2 rings (SSSR count). The number of esters is 2. The Kier molecular flexibility index (Phi) is 4.99. The Morgan fingerprint density at radius 1 is 1.29 bits per heavy atom. The molecule has 1 aromatic rings. The molecule has 1 N–H and O–H groups in total. The van der Waals surface area contributed by atoms with Crippen molar-refractivity contribution in [2.45, 2.75) is 0 Å². The van der Waals surface area contributed by atoms with Crippen LogP contribution in [-0.4, -0.2) is 49.5 Å². The third-order valence-electron chi connectivity index (χ3n) is 3.29. The van der Waals surface area contributed by atoms with Crippen molar-refractivity contribution in [2.24, 2.45) is 0 Å². The van der Waals surface area contributed by atoms with Crippen molar-refractivity contribution in [1.29, 1.82) is 0 Å². The van der Waals surface area contributed by atoms with E-state index in [1.165, 1.54) is 11.0 Å². The van der Waals surface area contributed by atoms with Crippen LogP contribution >= 0.6 is 0 Å². The minimum atomic E-state index is -0.837. The number of methoxy groups -OCH3 is 2. The zero-order chi connectivity index (χ0) is 17.9. The molecule has 0 radical (unpaired) electrons. The number of anilines is 1. The second-order valence-corrected chi connectivity index (χ2v) is 4.65. The molecule has 10 nitrogen and oxygen atoms in total. The number of carbonyl (C=O) groups is 2. The molecule has 0 atom stereocenters. The fraction of sp³-hybridized carbons (Fsp3) is 0.286. The van der Waals surface area contributed by atoms with E-state index in [0.717, 1.165) is 26.4 Å². The minimum absolute atomic E-state index is 0.0436. The van der Waals surface area contributed by atoms with Crippen LogP contribution in [0.1, 0.15) is 0 Å². The second kappa shape index (κ2) is 6.96. The fourth-order valence-electron chi connectivity index (χ4n) is 2.19. The van der Waals surface area contributed by atoms with Crippen LogP contribution in [0.4, 0.5) is 11.4 Å². The molecule has 0 spiro atoms. The van der Waals surface area contributed by atoms with Gasteiger partial charge in [-0.2, -0.15) is 0 Å². The predicted octanol–water partition coefficient (Wildman–Crippen LogP) is 0.695. The Labute approximate surface area is 136 Å². The largest absolute Gasteiger partial charge is 0.505 e. The summed E-state index contributed by atoms with van der Waals surface area (Å²) in [7, 11) is 2.28. The molecule has 1 aliphatic rings. The van der Waals surface area contributed by atoms with E-state index in [9.17, 15) is 24.8 Å². The Balaban J connectivity index is 2.57. The van der Waals surface area contributed by atoms with Crippen LogP contribution in [0, 0.1) is 10.1 Å². The number of hydrogen-bond acceptors (Lipinski definition) is 9. The van der Waals surface area contributed by atoms with Crippen molar-refractivity contribution in [3.63, 3.8) is 0 Å². The topological polar surface area (TPSA) is 128 Å². The zero-order valence-corrected chi connectivity index (χ0v) is 12.8. The van der Waals surface area contributed by atoms with Gasteiger partial charge >= 0.3 is 11.9 Å². The lowest BCUT2D eigenvalue weighted by molar-refractivity contribution is -0.384. The summed E-state index contributed by atoms with van der Waals surface area (Å²) in [6, 6.07) is 3.31. The van der Waals surface area contributed by atoms with Crippen LogP contribution in [0.15, 0.2) is 29.5 Å². The van der Waals surface area contributed by atoms with Crippen molar-refractivity contribution >= 4 is 23.3 Å².